The molecule has 1 fully saturated rings. The largest absolute Gasteiger partial charge is 0.479 e. The normalized spacial score (nSPS) is 18.9. The van der Waals surface area contributed by atoms with Gasteiger partial charge in [-0.15, -0.1) is 0 Å². The first-order chi connectivity index (χ1) is 17.9. The third-order valence-electron chi connectivity index (χ3n) is 6.53. The van der Waals surface area contributed by atoms with Gasteiger partial charge in [0.2, 0.25) is 0 Å². The lowest BCUT2D eigenvalue weighted by molar-refractivity contribution is -0.162. The number of halogens is 4. The molecule has 1 saturated heterocycles. The maximum atomic E-state index is 13.5. The number of thioether (sulfide) groups is 1. The third kappa shape index (κ3) is 5.16. The van der Waals surface area contributed by atoms with Gasteiger partial charge < -0.3 is 15.1 Å². The Hall–Kier alpha value is -3.35. The fourth-order valence-corrected chi connectivity index (χ4v) is 5.54. The van der Waals surface area contributed by atoms with Gasteiger partial charge in [0.15, 0.2) is 10.8 Å². The number of piperidine rings is 1. The molecule has 3 heterocycles. The van der Waals surface area contributed by atoms with Crippen LogP contribution >= 0.6 is 23.4 Å². The minimum Gasteiger partial charge on any atom is -0.479 e. The first-order valence-corrected chi connectivity index (χ1v) is 12.7. The fourth-order valence-electron chi connectivity index (χ4n) is 4.40. The van der Waals surface area contributed by atoms with Gasteiger partial charge >= 0.3 is 12.1 Å². The predicted octanol–water partition coefficient (Wildman–Crippen LogP) is 4.64. The molecular weight excluding hydrogens is 545 g/mol. The Balaban J connectivity index is 1.32. The van der Waals surface area contributed by atoms with Gasteiger partial charge in [0.25, 0.3) is 5.91 Å². The highest BCUT2D eigenvalue weighted by Gasteiger charge is 2.41. The van der Waals surface area contributed by atoms with Gasteiger partial charge in [-0.25, -0.2) is 4.79 Å². The van der Waals surface area contributed by atoms with E-state index in [0.29, 0.717) is 26.5 Å². The van der Waals surface area contributed by atoms with Crippen LogP contribution in [0.15, 0.2) is 52.5 Å². The number of aliphatic carboxylic acids is 1. The number of aliphatic hydroxyl groups is 1. The van der Waals surface area contributed by atoms with Gasteiger partial charge in [0.05, 0.1) is 28.7 Å². The average Bonchev–Trinajstić information content (AvgIpc) is 3.42. The highest BCUT2D eigenvalue weighted by Crippen LogP contribution is 2.35. The molecule has 1 aromatic heterocycles. The monoisotopic (exact) mass is 564 g/mol. The molecule has 0 atom stereocenters. The Bertz CT molecular complexity index is 1510. The Morgan fingerprint density at radius 2 is 1.92 bits per heavy atom. The van der Waals surface area contributed by atoms with E-state index >= 15 is 0 Å². The summed E-state index contributed by atoms with van der Waals surface area (Å²) in [5.74, 6) is -1.69. The van der Waals surface area contributed by atoms with E-state index in [1.165, 1.54) is 28.6 Å². The van der Waals surface area contributed by atoms with Gasteiger partial charge in [-0.05, 0) is 53.2 Å². The molecular formula is C25H20ClF3N4O4S. The topological polar surface area (TPSA) is 108 Å². The Morgan fingerprint density at radius 3 is 2.61 bits per heavy atom. The zero-order valence-electron chi connectivity index (χ0n) is 19.6. The number of carboxylic acid groups (broad SMARTS) is 1. The summed E-state index contributed by atoms with van der Waals surface area (Å²) in [7, 11) is 0. The number of amidine groups is 1. The number of amides is 1. The molecule has 0 saturated carbocycles. The van der Waals surface area contributed by atoms with Crippen molar-refractivity contribution < 1.29 is 33.0 Å². The Kier molecular flexibility index (Phi) is 6.74. The van der Waals surface area contributed by atoms with E-state index in [1.54, 1.807) is 35.4 Å². The van der Waals surface area contributed by atoms with Crippen molar-refractivity contribution in [2.24, 2.45) is 4.99 Å². The van der Waals surface area contributed by atoms with Crippen molar-refractivity contribution in [3.05, 3.63) is 69.2 Å². The second-order valence-corrected chi connectivity index (χ2v) is 10.5. The molecule has 2 aliphatic heterocycles. The van der Waals surface area contributed by atoms with E-state index in [1.807, 2.05) is 0 Å². The lowest BCUT2D eigenvalue weighted by atomic mass is 9.92. The van der Waals surface area contributed by atoms with Crippen LogP contribution in [-0.4, -0.2) is 60.6 Å². The summed E-state index contributed by atoms with van der Waals surface area (Å²) >= 11 is 6.94. The van der Waals surface area contributed by atoms with Crippen LogP contribution in [0.3, 0.4) is 0 Å². The maximum Gasteiger partial charge on any atom is 0.416 e. The Labute approximate surface area is 223 Å². The summed E-state index contributed by atoms with van der Waals surface area (Å²) in [6.45, 7) is 0.405. The van der Waals surface area contributed by atoms with E-state index in [0.717, 1.165) is 6.07 Å². The van der Waals surface area contributed by atoms with E-state index in [4.69, 9.17) is 11.6 Å². The smallest absolute Gasteiger partial charge is 0.416 e. The van der Waals surface area contributed by atoms with E-state index in [-0.39, 0.29) is 43.1 Å². The quantitative estimate of drug-likeness (QED) is 0.445. The van der Waals surface area contributed by atoms with Gasteiger partial charge in [-0.1, -0.05) is 23.7 Å². The lowest BCUT2D eigenvalue weighted by Crippen LogP contribution is -2.50. The van der Waals surface area contributed by atoms with Crippen LogP contribution in [-0.2, 0) is 22.3 Å². The van der Waals surface area contributed by atoms with Crippen LogP contribution < -0.4 is 0 Å². The summed E-state index contributed by atoms with van der Waals surface area (Å²) in [6, 6.07) is 8.88. The SMILES string of the molecule is O=C1N=C(N2CCC(O)(C(=O)O)CC2)S/C1=C\c1ccc2c(cnn2Cc2ccc(Cl)cc2C(F)(F)F)c1. The number of fused-ring (bicyclic) bond motifs is 1. The number of benzene rings is 2. The molecule has 0 unspecified atom stereocenters. The number of aliphatic imine (C=N–C) groups is 1. The van der Waals surface area contributed by atoms with Crippen LogP contribution in [0.25, 0.3) is 17.0 Å². The molecule has 8 nitrogen and oxygen atoms in total. The molecule has 0 bridgehead atoms. The van der Waals surface area contributed by atoms with E-state index < -0.39 is 29.2 Å². The molecule has 198 valence electrons. The number of hydrogen-bond donors (Lipinski definition) is 2. The van der Waals surface area contributed by atoms with Gasteiger partial charge in [0, 0.05) is 36.3 Å². The first-order valence-electron chi connectivity index (χ1n) is 11.5. The zero-order chi connectivity index (χ0) is 27.2. The number of aromatic nitrogens is 2. The molecule has 13 heteroatoms. The van der Waals surface area contributed by atoms with Crippen LogP contribution in [0, 0.1) is 0 Å². The molecule has 38 heavy (non-hydrogen) atoms. The van der Waals surface area contributed by atoms with E-state index in [2.05, 4.69) is 10.1 Å². The number of nitrogens with zero attached hydrogens (tertiary/aromatic N) is 4. The van der Waals surface area contributed by atoms with Crippen molar-refractivity contribution in [1.29, 1.82) is 0 Å². The summed E-state index contributed by atoms with van der Waals surface area (Å²) in [5, 5.41) is 24.7. The second kappa shape index (κ2) is 9.75. The summed E-state index contributed by atoms with van der Waals surface area (Å²) < 4.78 is 41.9. The minimum atomic E-state index is -4.55. The average molecular weight is 565 g/mol. The van der Waals surface area contributed by atoms with Crippen molar-refractivity contribution in [3.8, 4) is 0 Å². The highest BCUT2D eigenvalue weighted by molar-refractivity contribution is 8.18. The molecule has 0 spiro atoms. The fraction of sp³-hybridized carbons (Fsp3) is 0.280. The number of carbonyl (C=O) groups excluding carboxylic acids is 1. The van der Waals surface area contributed by atoms with Crippen molar-refractivity contribution in [2.45, 2.75) is 31.2 Å². The number of likely N-dealkylation sites (tertiary alicyclic amines) is 1. The summed E-state index contributed by atoms with van der Waals surface area (Å²) in [4.78, 5) is 30.0. The lowest BCUT2D eigenvalue weighted by Gasteiger charge is -2.35. The van der Waals surface area contributed by atoms with Gasteiger partial charge in [-0.2, -0.15) is 23.3 Å². The minimum absolute atomic E-state index is 0.00222. The molecule has 0 radical (unpaired) electrons. The second-order valence-electron chi connectivity index (χ2n) is 9.05. The summed E-state index contributed by atoms with van der Waals surface area (Å²) in [5.41, 5.74) is -1.24. The van der Waals surface area contributed by atoms with E-state index in [9.17, 15) is 33.0 Å². The van der Waals surface area contributed by atoms with Crippen LogP contribution in [0.4, 0.5) is 13.2 Å². The predicted molar refractivity (Wildman–Crippen MR) is 137 cm³/mol. The van der Waals surface area contributed by atoms with Crippen molar-refractivity contribution in [3.63, 3.8) is 0 Å². The summed E-state index contributed by atoms with van der Waals surface area (Å²) in [6.07, 6.45) is -1.30. The van der Waals surface area contributed by atoms with Crippen molar-refractivity contribution in [1.82, 2.24) is 14.7 Å². The van der Waals surface area contributed by atoms with Crippen molar-refractivity contribution >= 4 is 57.4 Å². The standard InChI is InChI=1S/C25H20ClF3N4O4S/c26-17-3-2-15(18(11-17)25(27,28)29)13-33-19-4-1-14(9-16(19)12-30-33)10-20-21(34)31-23(38-20)32-7-5-24(37,6-8-32)22(35)36/h1-4,9-12,37H,5-8,13H2,(H,35,36)/b20-10-. The highest BCUT2D eigenvalue weighted by atomic mass is 35.5. The van der Waals surface area contributed by atoms with Crippen molar-refractivity contribution in [2.75, 3.05) is 13.1 Å². The molecule has 1 amide bonds. The number of alkyl halides is 3. The molecule has 3 aromatic rings. The maximum absolute atomic E-state index is 13.5. The number of carbonyl (C=O) groups is 2. The number of rotatable bonds is 4. The van der Waals surface area contributed by atoms with Gasteiger partial charge in [0.1, 0.15) is 0 Å². The molecule has 2 aliphatic rings. The Morgan fingerprint density at radius 1 is 1.18 bits per heavy atom. The molecule has 2 N–H and O–H groups in total. The number of hydrogen-bond acceptors (Lipinski definition) is 6. The molecule has 0 aliphatic carbocycles. The third-order valence-corrected chi connectivity index (χ3v) is 7.81. The number of carboxylic acids is 1. The molecule has 5 rings (SSSR count). The van der Waals surface area contributed by atoms with Crippen LogP contribution in [0.2, 0.25) is 5.02 Å². The van der Waals surface area contributed by atoms with Crippen LogP contribution in [0.5, 0.6) is 0 Å². The van der Waals surface area contributed by atoms with Gasteiger partial charge in [-0.3, -0.25) is 9.48 Å². The molecule has 2 aromatic carbocycles. The van der Waals surface area contributed by atoms with Crippen LogP contribution in [0.1, 0.15) is 29.5 Å². The zero-order valence-corrected chi connectivity index (χ0v) is 21.1. The first kappa shape index (κ1) is 26.3.